The third-order valence-electron chi connectivity index (χ3n) is 1.54. The van der Waals surface area contributed by atoms with Crippen molar-refractivity contribution in [2.75, 3.05) is 0 Å². The number of hydrogen-bond acceptors (Lipinski definition) is 3. The Labute approximate surface area is 87.0 Å². The highest BCUT2D eigenvalue weighted by Crippen LogP contribution is 2.53. The van der Waals surface area contributed by atoms with E-state index < -0.39 is 18.8 Å². The van der Waals surface area contributed by atoms with E-state index in [1.165, 1.54) is 12.1 Å². The molecule has 0 aromatic heterocycles. The van der Waals surface area contributed by atoms with Crippen molar-refractivity contribution >= 4 is 23.5 Å². The first kappa shape index (κ1) is 11.8. The Bertz CT molecular complexity index is 373. The maximum atomic E-state index is 12.9. The van der Waals surface area contributed by atoms with Gasteiger partial charge in [-0.3, -0.25) is 0 Å². The molecule has 0 bridgehead atoms. The van der Waals surface area contributed by atoms with E-state index in [-0.39, 0.29) is 0 Å². The predicted octanol–water partition coefficient (Wildman–Crippen LogP) is 1.41. The molecule has 0 spiro atoms. The zero-order valence-electron chi connectivity index (χ0n) is 6.62. The standard InChI is InChI=1S/C7H6BrF2O3P/c8-6-3-1-5(2-4-6)7(9,10)14(11,12)13/h1-4H,(H2,11,12,13)/p-2. The van der Waals surface area contributed by atoms with Crippen LogP contribution >= 0.6 is 23.5 Å². The van der Waals surface area contributed by atoms with E-state index in [9.17, 15) is 23.1 Å². The summed E-state index contributed by atoms with van der Waals surface area (Å²) in [7, 11) is -5.95. The molecule has 0 heterocycles. The fourth-order valence-electron chi connectivity index (χ4n) is 0.809. The molecule has 0 aliphatic heterocycles. The van der Waals surface area contributed by atoms with Crippen LogP contribution in [0.3, 0.4) is 0 Å². The fraction of sp³-hybridized carbons (Fsp3) is 0.143. The summed E-state index contributed by atoms with van der Waals surface area (Å²) in [6, 6.07) is 4.23. The molecule has 0 N–H and O–H groups in total. The zero-order chi connectivity index (χ0) is 11.0. The predicted molar refractivity (Wildman–Crippen MR) is 45.6 cm³/mol. The van der Waals surface area contributed by atoms with Gasteiger partial charge in [-0.2, -0.15) is 8.78 Å². The lowest BCUT2D eigenvalue weighted by atomic mass is 10.2. The number of alkyl halides is 2. The van der Waals surface area contributed by atoms with Gasteiger partial charge in [-0.25, -0.2) is 0 Å². The monoisotopic (exact) mass is 284 g/mol. The average Bonchev–Trinajstić information content (AvgIpc) is 2.03. The molecule has 7 heteroatoms. The van der Waals surface area contributed by atoms with Gasteiger partial charge < -0.3 is 14.4 Å². The van der Waals surface area contributed by atoms with E-state index in [2.05, 4.69) is 15.9 Å². The summed E-state index contributed by atoms with van der Waals surface area (Å²) in [6.07, 6.45) is 0. The van der Waals surface area contributed by atoms with Gasteiger partial charge in [0.2, 0.25) is 0 Å². The van der Waals surface area contributed by atoms with Gasteiger partial charge in [0.25, 0.3) is 5.66 Å². The molecule has 0 aliphatic rings. The van der Waals surface area contributed by atoms with Crippen molar-refractivity contribution < 1.29 is 23.1 Å². The molecular weight excluding hydrogens is 281 g/mol. The first-order chi connectivity index (χ1) is 6.25. The van der Waals surface area contributed by atoms with Crippen LogP contribution in [-0.2, 0) is 10.2 Å². The minimum atomic E-state index is -5.95. The Morgan fingerprint density at radius 3 is 2.00 bits per heavy atom. The average molecular weight is 285 g/mol. The molecule has 0 amide bonds. The molecule has 0 fully saturated rings. The van der Waals surface area contributed by atoms with Crippen LogP contribution in [0.5, 0.6) is 0 Å². The summed E-state index contributed by atoms with van der Waals surface area (Å²) >= 11 is 2.99. The number of benzene rings is 1. The van der Waals surface area contributed by atoms with Crippen molar-refractivity contribution in [3.63, 3.8) is 0 Å². The molecule has 3 nitrogen and oxygen atoms in total. The second kappa shape index (κ2) is 3.70. The molecule has 0 saturated heterocycles. The first-order valence-corrected chi connectivity index (χ1v) is 5.75. The molecule has 1 aromatic carbocycles. The molecule has 14 heavy (non-hydrogen) atoms. The highest BCUT2D eigenvalue weighted by molar-refractivity contribution is 9.10. The lowest BCUT2D eigenvalue weighted by Gasteiger charge is -2.37. The maximum Gasteiger partial charge on any atom is 0.296 e. The van der Waals surface area contributed by atoms with E-state index in [1.807, 2.05) is 0 Å². The SMILES string of the molecule is O=P([O-])([O-])C(F)(F)c1ccc(Br)cc1. The summed E-state index contributed by atoms with van der Waals surface area (Å²) in [5.41, 5.74) is -5.18. The summed E-state index contributed by atoms with van der Waals surface area (Å²) in [5, 5.41) is 0. The van der Waals surface area contributed by atoms with Gasteiger partial charge in [0, 0.05) is 17.6 Å². The minimum Gasteiger partial charge on any atom is -0.806 e. The smallest absolute Gasteiger partial charge is 0.296 e. The van der Waals surface area contributed by atoms with Gasteiger partial charge in [-0.05, 0) is 12.1 Å². The molecule has 0 radical (unpaired) electrons. The first-order valence-electron chi connectivity index (χ1n) is 3.41. The highest BCUT2D eigenvalue weighted by atomic mass is 79.9. The lowest BCUT2D eigenvalue weighted by Crippen LogP contribution is -2.29. The highest BCUT2D eigenvalue weighted by Gasteiger charge is 2.35. The van der Waals surface area contributed by atoms with Gasteiger partial charge in [-0.1, -0.05) is 28.1 Å². The number of halogens is 3. The Kier molecular flexibility index (Phi) is 3.11. The zero-order valence-corrected chi connectivity index (χ0v) is 9.10. The van der Waals surface area contributed by atoms with Crippen molar-refractivity contribution in [2.24, 2.45) is 0 Å². The van der Waals surface area contributed by atoms with Crippen LogP contribution in [0.25, 0.3) is 0 Å². The van der Waals surface area contributed by atoms with Crippen molar-refractivity contribution in [3.05, 3.63) is 34.3 Å². The lowest BCUT2D eigenvalue weighted by molar-refractivity contribution is -0.335. The fourth-order valence-corrected chi connectivity index (χ4v) is 1.54. The maximum absolute atomic E-state index is 12.9. The van der Waals surface area contributed by atoms with Crippen molar-refractivity contribution in [2.45, 2.75) is 5.66 Å². The van der Waals surface area contributed by atoms with Crippen LogP contribution in [-0.4, -0.2) is 0 Å². The second-order valence-electron chi connectivity index (χ2n) is 2.55. The van der Waals surface area contributed by atoms with Crippen LogP contribution in [0.4, 0.5) is 8.78 Å². The summed E-state index contributed by atoms with van der Waals surface area (Å²) in [5.74, 6) is 0. The molecule has 0 aliphatic carbocycles. The normalized spacial score (nSPS) is 12.9. The van der Waals surface area contributed by atoms with Crippen LogP contribution < -0.4 is 9.79 Å². The Morgan fingerprint density at radius 1 is 1.21 bits per heavy atom. The second-order valence-corrected chi connectivity index (χ2v) is 5.02. The number of hydrogen-bond donors (Lipinski definition) is 0. The molecule has 0 unspecified atom stereocenters. The van der Waals surface area contributed by atoms with Gasteiger partial charge in [0.1, 0.15) is 0 Å². The summed E-state index contributed by atoms with van der Waals surface area (Å²) in [4.78, 5) is 20.5. The van der Waals surface area contributed by atoms with Gasteiger partial charge >= 0.3 is 0 Å². The third-order valence-corrected chi connectivity index (χ3v) is 3.01. The number of rotatable bonds is 2. The molecule has 0 saturated carbocycles. The van der Waals surface area contributed by atoms with E-state index >= 15 is 0 Å². The van der Waals surface area contributed by atoms with E-state index in [1.54, 1.807) is 0 Å². The van der Waals surface area contributed by atoms with Gasteiger partial charge in [0.15, 0.2) is 0 Å². The topological polar surface area (TPSA) is 63.2 Å². The third kappa shape index (κ3) is 2.20. The van der Waals surface area contributed by atoms with Crippen LogP contribution in [0.2, 0.25) is 0 Å². The van der Waals surface area contributed by atoms with E-state index in [0.717, 1.165) is 12.1 Å². The molecule has 0 atom stereocenters. The Morgan fingerprint density at radius 2 is 1.64 bits per heavy atom. The Hall–Kier alpha value is -0.290. The van der Waals surface area contributed by atoms with Crippen LogP contribution in [0.1, 0.15) is 5.56 Å². The van der Waals surface area contributed by atoms with Crippen LogP contribution in [0, 0.1) is 0 Å². The van der Waals surface area contributed by atoms with Gasteiger partial charge in [-0.15, -0.1) is 0 Å². The summed E-state index contributed by atoms with van der Waals surface area (Å²) < 4.78 is 36.5. The quantitative estimate of drug-likeness (QED) is 0.772. The minimum absolute atomic E-state index is 0.517. The van der Waals surface area contributed by atoms with Crippen molar-refractivity contribution in [1.29, 1.82) is 0 Å². The summed E-state index contributed by atoms with van der Waals surface area (Å²) in [6.45, 7) is 0. The van der Waals surface area contributed by atoms with Crippen molar-refractivity contribution in [3.8, 4) is 0 Å². The van der Waals surface area contributed by atoms with E-state index in [0.29, 0.717) is 4.47 Å². The van der Waals surface area contributed by atoms with Crippen molar-refractivity contribution in [1.82, 2.24) is 0 Å². The van der Waals surface area contributed by atoms with Crippen LogP contribution in [0.15, 0.2) is 28.7 Å². The van der Waals surface area contributed by atoms with E-state index in [4.69, 9.17) is 0 Å². The molecule has 1 aromatic rings. The largest absolute Gasteiger partial charge is 0.806 e. The molecule has 1 rings (SSSR count). The van der Waals surface area contributed by atoms with Gasteiger partial charge in [0.05, 0.1) is 0 Å². The molecule has 78 valence electrons. The Balaban J connectivity index is 3.17. The molecular formula is C7H4BrF2O3P-2.